The minimum Gasteiger partial charge on any atom is -0.375 e. The van der Waals surface area contributed by atoms with Crippen molar-refractivity contribution in [1.82, 2.24) is 10.3 Å². The first kappa shape index (κ1) is 12.0. The highest BCUT2D eigenvalue weighted by molar-refractivity contribution is 7.07. The van der Waals surface area contributed by atoms with Gasteiger partial charge in [0.1, 0.15) is 0 Å². The Labute approximate surface area is 101 Å². The van der Waals surface area contributed by atoms with Crippen molar-refractivity contribution in [3.63, 3.8) is 0 Å². The fourth-order valence-electron chi connectivity index (χ4n) is 2.17. The maximum atomic E-state index is 5.70. The lowest BCUT2D eigenvalue weighted by atomic mass is 9.94. The van der Waals surface area contributed by atoms with Crippen LogP contribution < -0.4 is 5.32 Å². The zero-order valence-electron chi connectivity index (χ0n) is 10.0. The fraction of sp³-hybridized carbons (Fsp3) is 0.750. The topological polar surface area (TPSA) is 34.2 Å². The molecule has 1 aromatic heterocycles. The lowest BCUT2D eigenvalue weighted by Crippen LogP contribution is -2.44. The Kier molecular flexibility index (Phi) is 3.95. The minimum atomic E-state index is 0.0382. The van der Waals surface area contributed by atoms with Crippen LogP contribution >= 0.6 is 11.3 Å². The summed E-state index contributed by atoms with van der Waals surface area (Å²) in [7, 11) is 0. The predicted octanol–water partition coefficient (Wildman–Crippen LogP) is 2.23. The van der Waals surface area contributed by atoms with E-state index in [0.717, 1.165) is 32.4 Å². The van der Waals surface area contributed by atoms with Crippen LogP contribution in [0.15, 0.2) is 10.9 Å². The van der Waals surface area contributed by atoms with E-state index >= 15 is 0 Å². The Hall–Kier alpha value is -0.450. The van der Waals surface area contributed by atoms with E-state index in [1.807, 2.05) is 5.51 Å². The van der Waals surface area contributed by atoms with Gasteiger partial charge < -0.3 is 10.1 Å². The van der Waals surface area contributed by atoms with Gasteiger partial charge in [0.05, 0.1) is 16.8 Å². The van der Waals surface area contributed by atoms with E-state index in [9.17, 15) is 0 Å². The van der Waals surface area contributed by atoms with Crippen molar-refractivity contribution in [3.8, 4) is 0 Å². The van der Waals surface area contributed by atoms with Crippen molar-refractivity contribution in [2.45, 2.75) is 44.8 Å². The average molecular weight is 240 g/mol. The molecule has 0 amide bonds. The van der Waals surface area contributed by atoms with Crippen molar-refractivity contribution in [3.05, 3.63) is 16.6 Å². The van der Waals surface area contributed by atoms with Crippen molar-refractivity contribution in [1.29, 1.82) is 0 Å². The quantitative estimate of drug-likeness (QED) is 0.876. The molecule has 4 heteroatoms. The molecule has 1 aliphatic heterocycles. The number of nitrogens with zero attached hydrogens (tertiary/aromatic N) is 1. The molecule has 3 nitrogen and oxygen atoms in total. The number of ether oxygens (including phenoxy) is 1. The number of rotatable bonds is 4. The predicted molar refractivity (Wildman–Crippen MR) is 66.9 cm³/mol. The molecule has 1 N–H and O–H groups in total. The van der Waals surface area contributed by atoms with Crippen molar-refractivity contribution < 1.29 is 4.74 Å². The summed E-state index contributed by atoms with van der Waals surface area (Å²) in [6, 6.07) is 0.599. The van der Waals surface area contributed by atoms with Gasteiger partial charge in [-0.05, 0) is 26.7 Å². The van der Waals surface area contributed by atoms with Crippen LogP contribution in [0, 0.1) is 0 Å². The van der Waals surface area contributed by atoms with Gasteiger partial charge in [0.25, 0.3) is 0 Å². The van der Waals surface area contributed by atoms with Gasteiger partial charge >= 0.3 is 0 Å². The van der Waals surface area contributed by atoms with Crippen LogP contribution in [0.4, 0.5) is 0 Å². The van der Waals surface area contributed by atoms with Crippen LogP contribution in [0.5, 0.6) is 0 Å². The average Bonchev–Trinajstić information content (AvgIpc) is 2.69. The molecule has 0 aromatic carbocycles. The second-order valence-electron chi connectivity index (χ2n) is 4.98. The summed E-state index contributed by atoms with van der Waals surface area (Å²) in [6.07, 6.45) is 3.26. The molecule has 1 aliphatic rings. The van der Waals surface area contributed by atoms with Gasteiger partial charge in [0.2, 0.25) is 0 Å². The molecule has 1 saturated heterocycles. The first-order valence-corrected chi connectivity index (χ1v) is 6.84. The van der Waals surface area contributed by atoms with Gasteiger partial charge in [0.15, 0.2) is 0 Å². The summed E-state index contributed by atoms with van der Waals surface area (Å²) in [5.41, 5.74) is 3.13. The molecule has 1 aromatic rings. The van der Waals surface area contributed by atoms with E-state index in [-0.39, 0.29) is 5.60 Å². The third-order valence-electron chi connectivity index (χ3n) is 2.99. The molecule has 2 heterocycles. The third kappa shape index (κ3) is 3.54. The van der Waals surface area contributed by atoms with Gasteiger partial charge in [0, 0.05) is 31.0 Å². The second-order valence-corrected chi connectivity index (χ2v) is 5.70. The SMILES string of the molecule is CC1(C)CC(NCCc2cscn2)CCO1. The molecule has 1 atom stereocenters. The standard InChI is InChI=1S/C12H20N2OS/c1-12(2)7-10(4-6-15-12)13-5-3-11-8-16-9-14-11/h8-10,13H,3-7H2,1-2H3. The Morgan fingerprint density at radius 3 is 3.19 bits per heavy atom. The summed E-state index contributed by atoms with van der Waals surface area (Å²) in [6.45, 7) is 6.23. The number of aromatic nitrogens is 1. The van der Waals surface area contributed by atoms with Crippen molar-refractivity contribution in [2.24, 2.45) is 0 Å². The zero-order valence-corrected chi connectivity index (χ0v) is 10.8. The van der Waals surface area contributed by atoms with E-state index in [2.05, 4.69) is 29.5 Å². The smallest absolute Gasteiger partial charge is 0.0794 e. The van der Waals surface area contributed by atoms with Gasteiger partial charge in [-0.25, -0.2) is 4.98 Å². The molecule has 0 bridgehead atoms. The van der Waals surface area contributed by atoms with Crippen LogP contribution in [0.1, 0.15) is 32.4 Å². The molecule has 16 heavy (non-hydrogen) atoms. The lowest BCUT2D eigenvalue weighted by molar-refractivity contribution is -0.0627. The molecule has 1 unspecified atom stereocenters. The second kappa shape index (κ2) is 5.25. The zero-order chi connectivity index (χ0) is 11.4. The van der Waals surface area contributed by atoms with Crippen LogP contribution in [0.25, 0.3) is 0 Å². The summed E-state index contributed by atoms with van der Waals surface area (Å²) in [5.74, 6) is 0. The minimum absolute atomic E-state index is 0.0382. The van der Waals surface area contributed by atoms with Crippen LogP contribution in [-0.4, -0.2) is 29.8 Å². The summed E-state index contributed by atoms with van der Waals surface area (Å²) in [5, 5.41) is 5.72. The Balaban J connectivity index is 1.70. The van der Waals surface area contributed by atoms with E-state index in [4.69, 9.17) is 4.74 Å². The van der Waals surface area contributed by atoms with Crippen LogP contribution in [-0.2, 0) is 11.2 Å². The number of nitrogens with one attached hydrogen (secondary N) is 1. The Bertz CT molecular complexity index is 311. The van der Waals surface area contributed by atoms with Gasteiger partial charge in [-0.3, -0.25) is 0 Å². The molecule has 0 saturated carbocycles. The van der Waals surface area contributed by atoms with E-state index < -0.39 is 0 Å². The van der Waals surface area contributed by atoms with E-state index in [1.54, 1.807) is 11.3 Å². The summed E-state index contributed by atoms with van der Waals surface area (Å²) in [4.78, 5) is 4.28. The highest BCUT2D eigenvalue weighted by Crippen LogP contribution is 2.23. The first-order valence-electron chi connectivity index (χ1n) is 5.90. The molecule has 0 spiro atoms. The normalized spacial score (nSPS) is 24.5. The summed E-state index contributed by atoms with van der Waals surface area (Å²) < 4.78 is 5.70. The molecule has 1 fully saturated rings. The number of hydrogen-bond acceptors (Lipinski definition) is 4. The Morgan fingerprint density at radius 1 is 1.62 bits per heavy atom. The van der Waals surface area contributed by atoms with Crippen LogP contribution in [0.2, 0.25) is 0 Å². The molecule has 0 aliphatic carbocycles. The third-order valence-corrected chi connectivity index (χ3v) is 3.63. The molecule has 2 rings (SSSR count). The fourth-order valence-corrected chi connectivity index (χ4v) is 2.76. The van der Waals surface area contributed by atoms with Crippen molar-refractivity contribution in [2.75, 3.05) is 13.2 Å². The molecule has 0 radical (unpaired) electrons. The van der Waals surface area contributed by atoms with Gasteiger partial charge in [-0.1, -0.05) is 0 Å². The maximum Gasteiger partial charge on any atom is 0.0794 e. The molecular formula is C12H20N2OS. The highest BCUT2D eigenvalue weighted by Gasteiger charge is 2.28. The summed E-state index contributed by atoms with van der Waals surface area (Å²) >= 11 is 1.67. The van der Waals surface area contributed by atoms with Gasteiger partial charge in [-0.2, -0.15) is 0 Å². The largest absolute Gasteiger partial charge is 0.375 e. The van der Waals surface area contributed by atoms with E-state index in [1.165, 1.54) is 5.69 Å². The van der Waals surface area contributed by atoms with E-state index in [0.29, 0.717) is 6.04 Å². The molecule has 90 valence electrons. The maximum absolute atomic E-state index is 5.70. The monoisotopic (exact) mass is 240 g/mol. The number of hydrogen-bond donors (Lipinski definition) is 1. The van der Waals surface area contributed by atoms with Crippen molar-refractivity contribution >= 4 is 11.3 Å². The molecular weight excluding hydrogens is 220 g/mol. The highest BCUT2D eigenvalue weighted by atomic mass is 32.1. The van der Waals surface area contributed by atoms with Crippen LogP contribution in [0.3, 0.4) is 0 Å². The van der Waals surface area contributed by atoms with Gasteiger partial charge in [-0.15, -0.1) is 11.3 Å². The number of thiazole rings is 1. The lowest BCUT2D eigenvalue weighted by Gasteiger charge is -2.36. The first-order chi connectivity index (χ1) is 7.66. The Morgan fingerprint density at radius 2 is 2.50 bits per heavy atom.